The summed E-state index contributed by atoms with van der Waals surface area (Å²) in [7, 11) is 0. The van der Waals surface area contributed by atoms with Gasteiger partial charge in [0.05, 0.1) is 12.0 Å². The highest BCUT2D eigenvalue weighted by Gasteiger charge is 2.16. The fourth-order valence-corrected chi connectivity index (χ4v) is 2.48. The zero-order valence-electron chi connectivity index (χ0n) is 12.3. The normalized spacial score (nSPS) is 10.1. The van der Waals surface area contributed by atoms with Gasteiger partial charge in [-0.05, 0) is 49.2 Å². The molecule has 6 heteroatoms. The smallest absolute Gasteiger partial charge is 0.228 e. The molecule has 1 heterocycles. The predicted octanol–water partition coefficient (Wildman–Crippen LogP) is 2.99. The minimum atomic E-state index is -0.191. The minimum Gasteiger partial charge on any atom is -0.399 e. The molecule has 2 aromatic rings. The van der Waals surface area contributed by atoms with Crippen LogP contribution in [0.25, 0.3) is 0 Å². The zero-order chi connectivity index (χ0) is 16.3. The number of amides is 1. The molecule has 0 unspecified atom stereocenters. The van der Waals surface area contributed by atoms with Gasteiger partial charge in [0.2, 0.25) is 5.91 Å². The first-order valence-electron chi connectivity index (χ1n) is 6.63. The number of nitrogens with zero attached hydrogens (tertiary/aromatic N) is 2. The van der Waals surface area contributed by atoms with Gasteiger partial charge in [0.25, 0.3) is 0 Å². The van der Waals surface area contributed by atoms with Crippen LogP contribution < -0.4 is 11.1 Å². The summed E-state index contributed by atoms with van der Waals surface area (Å²) in [5.74, 6) is -0.191. The number of nitrogens with one attached hydrogen (secondary N) is 1. The molecule has 5 nitrogen and oxygen atoms in total. The Morgan fingerprint density at radius 1 is 1.36 bits per heavy atom. The van der Waals surface area contributed by atoms with E-state index in [1.54, 1.807) is 38.1 Å². The largest absolute Gasteiger partial charge is 0.399 e. The highest BCUT2D eigenvalue weighted by Crippen LogP contribution is 2.23. The number of aromatic nitrogens is 1. The number of rotatable bonds is 3. The van der Waals surface area contributed by atoms with Crippen LogP contribution in [-0.2, 0) is 11.2 Å². The van der Waals surface area contributed by atoms with Crippen LogP contribution in [0.15, 0.2) is 24.3 Å². The molecule has 0 radical (unpaired) electrons. The molecule has 0 fully saturated rings. The summed E-state index contributed by atoms with van der Waals surface area (Å²) in [6.45, 7) is 3.54. The van der Waals surface area contributed by atoms with Crippen molar-refractivity contribution in [2.24, 2.45) is 0 Å². The number of carbonyl (C=O) groups is 1. The van der Waals surface area contributed by atoms with Gasteiger partial charge in [-0.15, -0.1) is 0 Å². The van der Waals surface area contributed by atoms with Gasteiger partial charge in [-0.3, -0.25) is 4.79 Å². The van der Waals surface area contributed by atoms with Gasteiger partial charge in [-0.1, -0.05) is 11.6 Å². The Morgan fingerprint density at radius 3 is 2.59 bits per heavy atom. The maximum Gasteiger partial charge on any atom is 0.228 e. The number of anilines is 2. The lowest BCUT2D eigenvalue weighted by atomic mass is 10.0. The van der Waals surface area contributed by atoms with Gasteiger partial charge in [0.15, 0.2) is 0 Å². The molecule has 1 aromatic carbocycles. The van der Waals surface area contributed by atoms with Crippen LogP contribution in [0, 0.1) is 25.2 Å². The molecule has 1 aromatic heterocycles. The Morgan fingerprint density at radius 2 is 2.00 bits per heavy atom. The molecule has 1 amide bonds. The van der Waals surface area contributed by atoms with Crippen molar-refractivity contribution in [3.05, 3.63) is 51.8 Å². The second-order valence-electron chi connectivity index (χ2n) is 4.93. The Hall–Kier alpha value is -2.58. The van der Waals surface area contributed by atoms with Crippen molar-refractivity contribution < 1.29 is 4.79 Å². The monoisotopic (exact) mass is 314 g/mol. The molecule has 112 valence electrons. The van der Waals surface area contributed by atoms with E-state index < -0.39 is 0 Å². The lowest BCUT2D eigenvalue weighted by Gasteiger charge is -2.12. The standard InChI is InChI=1S/C16H15ClN4O/c1-9-13(10(2)20-16(17)14(9)8-18)7-15(22)21-12-5-3-11(19)4-6-12/h3-6H,7,19H2,1-2H3,(H,21,22). The molecule has 22 heavy (non-hydrogen) atoms. The van der Waals surface area contributed by atoms with E-state index in [4.69, 9.17) is 22.6 Å². The van der Waals surface area contributed by atoms with Crippen LogP contribution in [0.3, 0.4) is 0 Å². The first-order chi connectivity index (χ1) is 10.4. The van der Waals surface area contributed by atoms with Crippen molar-refractivity contribution in [1.29, 1.82) is 5.26 Å². The van der Waals surface area contributed by atoms with Gasteiger partial charge in [0, 0.05) is 17.1 Å². The van der Waals surface area contributed by atoms with Crippen molar-refractivity contribution in [3.63, 3.8) is 0 Å². The molecule has 0 saturated carbocycles. The average molecular weight is 315 g/mol. The second-order valence-corrected chi connectivity index (χ2v) is 5.28. The molecule has 2 rings (SSSR count). The van der Waals surface area contributed by atoms with Gasteiger partial charge in [-0.2, -0.15) is 5.26 Å². The lowest BCUT2D eigenvalue weighted by Crippen LogP contribution is -2.17. The zero-order valence-corrected chi connectivity index (χ0v) is 13.0. The summed E-state index contributed by atoms with van der Waals surface area (Å²) in [4.78, 5) is 16.3. The van der Waals surface area contributed by atoms with Crippen molar-refractivity contribution in [1.82, 2.24) is 4.98 Å². The van der Waals surface area contributed by atoms with E-state index in [1.807, 2.05) is 6.07 Å². The molecule has 0 aliphatic heterocycles. The number of aryl methyl sites for hydroxylation is 1. The summed E-state index contributed by atoms with van der Waals surface area (Å²) < 4.78 is 0. The maximum atomic E-state index is 12.2. The SMILES string of the molecule is Cc1nc(Cl)c(C#N)c(C)c1CC(=O)Nc1ccc(N)cc1. The number of nitrogens with two attached hydrogens (primary N) is 1. The summed E-state index contributed by atoms with van der Waals surface area (Å²) in [6.07, 6.45) is 0.126. The third kappa shape index (κ3) is 3.35. The third-order valence-corrected chi connectivity index (χ3v) is 3.65. The summed E-state index contributed by atoms with van der Waals surface area (Å²) >= 11 is 5.94. The molecule has 0 saturated heterocycles. The number of nitriles is 1. The number of hydrogen-bond donors (Lipinski definition) is 2. The van der Waals surface area contributed by atoms with Gasteiger partial charge in [0.1, 0.15) is 11.2 Å². The number of benzene rings is 1. The molecule has 3 N–H and O–H groups in total. The third-order valence-electron chi connectivity index (χ3n) is 3.38. The first-order valence-corrected chi connectivity index (χ1v) is 7.01. The molecule has 0 aliphatic rings. The Kier molecular flexibility index (Phi) is 4.64. The highest BCUT2D eigenvalue weighted by molar-refractivity contribution is 6.30. The van der Waals surface area contributed by atoms with Crippen molar-refractivity contribution in [2.45, 2.75) is 20.3 Å². The summed E-state index contributed by atoms with van der Waals surface area (Å²) in [6, 6.07) is 8.90. The molecular formula is C16H15ClN4O. The van der Waals surface area contributed by atoms with Crippen LogP contribution in [0.5, 0.6) is 0 Å². The van der Waals surface area contributed by atoms with Gasteiger partial charge < -0.3 is 11.1 Å². The summed E-state index contributed by atoms with van der Waals surface area (Å²) in [5.41, 5.74) is 9.26. The topological polar surface area (TPSA) is 91.8 Å². The quantitative estimate of drug-likeness (QED) is 0.673. The number of hydrogen-bond acceptors (Lipinski definition) is 4. The minimum absolute atomic E-state index is 0.126. The molecule has 0 spiro atoms. The van der Waals surface area contributed by atoms with Crippen LogP contribution in [0.4, 0.5) is 11.4 Å². The van der Waals surface area contributed by atoms with E-state index in [0.717, 1.165) is 0 Å². The molecule has 0 aliphatic carbocycles. The van der Waals surface area contributed by atoms with Crippen molar-refractivity contribution >= 4 is 28.9 Å². The van der Waals surface area contributed by atoms with Crippen LogP contribution in [-0.4, -0.2) is 10.9 Å². The number of nitrogen functional groups attached to an aromatic ring is 1. The second kappa shape index (κ2) is 6.46. The number of carbonyl (C=O) groups excluding carboxylic acids is 1. The Labute approximate surface area is 133 Å². The predicted molar refractivity (Wildman–Crippen MR) is 86.6 cm³/mol. The fourth-order valence-electron chi connectivity index (χ4n) is 2.17. The molecule has 0 bridgehead atoms. The van der Waals surface area contributed by atoms with E-state index >= 15 is 0 Å². The Bertz CT molecular complexity index is 763. The van der Waals surface area contributed by atoms with E-state index in [-0.39, 0.29) is 17.5 Å². The first kappa shape index (κ1) is 15.8. The lowest BCUT2D eigenvalue weighted by molar-refractivity contribution is -0.115. The van der Waals surface area contributed by atoms with E-state index in [2.05, 4.69) is 10.3 Å². The van der Waals surface area contributed by atoms with Crippen LogP contribution in [0.1, 0.15) is 22.4 Å². The fraction of sp³-hybridized carbons (Fsp3) is 0.188. The van der Waals surface area contributed by atoms with E-state index in [1.165, 1.54) is 0 Å². The number of pyridine rings is 1. The number of halogens is 1. The van der Waals surface area contributed by atoms with Crippen molar-refractivity contribution in [2.75, 3.05) is 11.1 Å². The Balaban J connectivity index is 2.22. The summed E-state index contributed by atoms with van der Waals surface area (Å²) in [5, 5.41) is 12.1. The highest BCUT2D eigenvalue weighted by atomic mass is 35.5. The molecule has 0 atom stereocenters. The van der Waals surface area contributed by atoms with E-state index in [9.17, 15) is 4.79 Å². The molecular weight excluding hydrogens is 300 g/mol. The van der Waals surface area contributed by atoms with Crippen LogP contribution in [0.2, 0.25) is 5.15 Å². The maximum absolute atomic E-state index is 12.2. The van der Waals surface area contributed by atoms with Crippen LogP contribution >= 0.6 is 11.6 Å². The van der Waals surface area contributed by atoms with Gasteiger partial charge in [-0.25, -0.2) is 4.98 Å². The van der Waals surface area contributed by atoms with E-state index in [0.29, 0.717) is 33.8 Å². The van der Waals surface area contributed by atoms with Crippen molar-refractivity contribution in [3.8, 4) is 6.07 Å². The average Bonchev–Trinajstić information content (AvgIpc) is 2.46. The van der Waals surface area contributed by atoms with Gasteiger partial charge >= 0.3 is 0 Å².